The molecule has 0 unspecified atom stereocenters. The summed E-state index contributed by atoms with van der Waals surface area (Å²) in [4.78, 5) is 20.5. The van der Waals surface area contributed by atoms with Gasteiger partial charge in [0.15, 0.2) is 5.69 Å². The minimum atomic E-state index is -4.57. The lowest BCUT2D eigenvalue weighted by Crippen LogP contribution is -2.07. The number of ether oxygens (including phenoxy) is 1. The standard InChI is InChI=1S/C10H8F3N3O2/c1-2-18-8(17)6-3-5-7(4-14-6)16-9(15-5)10(11,12)13/h3-4H,2H2,1H3,(H,15,16). The van der Waals surface area contributed by atoms with E-state index >= 15 is 0 Å². The molecule has 2 aromatic heterocycles. The molecule has 0 aromatic carbocycles. The summed E-state index contributed by atoms with van der Waals surface area (Å²) in [6.45, 7) is 1.78. The molecule has 18 heavy (non-hydrogen) atoms. The minimum absolute atomic E-state index is 0.0142. The Balaban J connectivity index is 2.43. The number of fused-ring (bicyclic) bond motifs is 1. The van der Waals surface area contributed by atoms with Crippen LogP contribution < -0.4 is 0 Å². The van der Waals surface area contributed by atoms with Crippen molar-refractivity contribution in [1.82, 2.24) is 15.0 Å². The van der Waals surface area contributed by atoms with Crippen LogP contribution in [0.15, 0.2) is 12.3 Å². The Morgan fingerprint density at radius 2 is 2.22 bits per heavy atom. The van der Waals surface area contributed by atoms with E-state index in [0.717, 1.165) is 12.3 Å². The minimum Gasteiger partial charge on any atom is -0.461 e. The first kappa shape index (κ1) is 12.3. The summed E-state index contributed by atoms with van der Waals surface area (Å²) >= 11 is 0. The van der Waals surface area contributed by atoms with Crippen LogP contribution in [-0.2, 0) is 10.9 Å². The zero-order chi connectivity index (χ0) is 13.3. The maximum absolute atomic E-state index is 12.4. The molecule has 0 aliphatic heterocycles. The largest absolute Gasteiger partial charge is 0.461 e. The maximum Gasteiger partial charge on any atom is 0.449 e. The lowest BCUT2D eigenvalue weighted by Gasteiger charge is -1.99. The smallest absolute Gasteiger partial charge is 0.449 e. The van der Waals surface area contributed by atoms with Crippen LogP contribution in [0.5, 0.6) is 0 Å². The summed E-state index contributed by atoms with van der Waals surface area (Å²) in [6, 6.07) is 1.15. The first-order valence-corrected chi connectivity index (χ1v) is 5.02. The molecule has 0 radical (unpaired) electrons. The van der Waals surface area contributed by atoms with Crippen molar-refractivity contribution in [3.8, 4) is 0 Å². The van der Waals surface area contributed by atoms with Crippen LogP contribution in [0.4, 0.5) is 13.2 Å². The van der Waals surface area contributed by atoms with Crippen LogP contribution in [0, 0.1) is 0 Å². The highest BCUT2D eigenvalue weighted by Crippen LogP contribution is 2.28. The number of H-pyrrole nitrogens is 1. The van der Waals surface area contributed by atoms with Crippen molar-refractivity contribution in [2.24, 2.45) is 0 Å². The Labute approximate surface area is 99.0 Å². The summed E-state index contributed by atoms with van der Waals surface area (Å²) in [5, 5.41) is 0. The second kappa shape index (κ2) is 4.28. The molecule has 2 aromatic rings. The molecule has 0 aliphatic rings. The monoisotopic (exact) mass is 259 g/mol. The van der Waals surface area contributed by atoms with Gasteiger partial charge in [-0.15, -0.1) is 0 Å². The number of rotatable bonds is 2. The zero-order valence-corrected chi connectivity index (χ0v) is 9.21. The van der Waals surface area contributed by atoms with E-state index in [1.165, 1.54) is 0 Å². The summed E-state index contributed by atoms with van der Waals surface area (Å²) < 4.78 is 41.9. The van der Waals surface area contributed by atoms with Gasteiger partial charge in [0, 0.05) is 0 Å². The number of hydrogen-bond donors (Lipinski definition) is 1. The second-order valence-corrected chi connectivity index (χ2v) is 3.39. The molecule has 0 fully saturated rings. The molecule has 0 spiro atoms. The SMILES string of the molecule is CCOC(=O)c1cc2nc(C(F)(F)F)[nH]c2cn1. The summed E-state index contributed by atoms with van der Waals surface area (Å²) in [7, 11) is 0. The van der Waals surface area contributed by atoms with Crippen LogP contribution in [0.2, 0.25) is 0 Å². The Kier molecular flexibility index (Phi) is 2.93. The fraction of sp³-hybridized carbons (Fsp3) is 0.300. The van der Waals surface area contributed by atoms with Crippen molar-refractivity contribution in [2.45, 2.75) is 13.1 Å². The number of carbonyl (C=O) groups excluding carboxylic acids is 1. The van der Waals surface area contributed by atoms with Gasteiger partial charge in [0.2, 0.25) is 5.82 Å². The highest BCUT2D eigenvalue weighted by Gasteiger charge is 2.34. The van der Waals surface area contributed by atoms with E-state index in [9.17, 15) is 18.0 Å². The number of aromatic amines is 1. The molecule has 0 bridgehead atoms. The highest BCUT2D eigenvalue weighted by molar-refractivity contribution is 5.91. The number of pyridine rings is 1. The number of halogens is 3. The van der Waals surface area contributed by atoms with Crippen molar-refractivity contribution in [3.63, 3.8) is 0 Å². The quantitative estimate of drug-likeness (QED) is 0.839. The van der Waals surface area contributed by atoms with E-state index in [-0.39, 0.29) is 23.3 Å². The molecule has 0 saturated carbocycles. The van der Waals surface area contributed by atoms with E-state index in [4.69, 9.17) is 0 Å². The maximum atomic E-state index is 12.4. The molecular formula is C10H8F3N3O2. The third kappa shape index (κ3) is 2.27. The fourth-order valence-corrected chi connectivity index (χ4v) is 1.36. The topological polar surface area (TPSA) is 67.9 Å². The van der Waals surface area contributed by atoms with Crippen LogP contribution >= 0.6 is 0 Å². The van der Waals surface area contributed by atoms with Crippen LogP contribution in [0.3, 0.4) is 0 Å². The molecule has 5 nitrogen and oxygen atoms in total. The van der Waals surface area contributed by atoms with E-state index in [0.29, 0.717) is 0 Å². The first-order valence-electron chi connectivity index (χ1n) is 5.02. The van der Waals surface area contributed by atoms with Crippen LogP contribution in [-0.4, -0.2) is 27.5 Å². The van der Waals surface area contributed by atoms with Gasteiger partial charge in [-0.2, -0.15) is 13.2 Å². The average Bonchev–Trinajstić information content (AvgIpc) is 2.71. The summed E-state index contributed by atoms with van der Waals surface area (Å²) in [6.07, 6.45) is -3.45. The number of imidazole rings is 1. The molecule has 8 heteroatoms. The predicted molar refractivity (Wildman–Crippen MR) is 54.8 cm³/mol. The Morgan fingerprint density at radius 3 is 2.83 bits per heavy atom. The lowest BCUT2D eigenvalue weighted by atomic mass is 10.3. The van der Waals surface area contributed by atoms with Gasteiger partial charge in [-0.25, -0.2) is 14.8 Å². The molecule has 2 rings (SSSR count). The fourth-order valence-electron chi connectivity index (χ4n) is 1.36. The van der Waals surface area contributed by atoms with Crippen molar-refractivity contribution in [3.05, 3.63) is 23.8 Å². The number of carbonyl (C=O) groups is 1. The number of alkyl halides is 3. The van der Waals surface area contributed by atoms with Crippen molar-refractivity contribution in [2.75, 3.05) is 6.61 Å². The van der Waals surface area contributed by atoms with E-state index < -0.39 is 18.0 Å². The van der Waals surface area contributed by atoms with Gasteiger partial charge in [-0.05, 0) is 13.0 Å². The van der Waals surface area contributed by atoms with Crippen LogP contribution in [0.25, 0.3) is 11.0 Å². The summed E-state index contributed by atoms with van der Waals surface area (Å²) in [5.74, 6) is -1.82. The summed E-state index contributed by atoms with van der Waals surface area (Å²) in [5.41, 5.74) is 0.0420. The second-order valence-electron chi connectivity index (χ2n) is 3.39. The van der Waals surface area contributed by atoms with Crippen molar-refractivity contribution >= 4 is 17.0 Å². The molecule has 96 valence electrons. The Morgan fingerprint density at radius 1 is 1.50 bits per heavy atom. The molecule has 0 amide bonds. The van der Waals surface area contributed by atoms with E-state index in [1.807, 2.05) is 0 Å². The first-order chi connectivity index (χ1) is 8.41. The van der Waals surface area contributed by atoms with Gasteiger partial charge in [0.25, 0.3) is 0 Å². The number of nitrogens with zero attached hydrogens (tertiary/aromatic N) is 2. The van der Waals surface area contributed by atoms with Gasteiger partial charge in [-0.1, -0.05) is 0 Å². The third-order valence-corrected chi connectivity index (χ3v) is 2.12. The van der Waals surface area contributed by atoms with Crippen LogP contribution in [0.1, 0.15) is 23.2 Å². The normalized spacial score (nSPS) is 11.8. The van der Waals surface area contributed by atoms with Gasteiger partial charge in [-0.3, -0.25) is 0 Å². The van der Waals surface area contributed by atoms with Crippen molar-refractivity contribution < 1.29 is 22.7 Å². The average molecular weight is 259 g/mol. The molecule has 0 saturated heterocycles. The van der Waals surface area contributed by atoms with Gasteiger partial charge < -0.3 is 9.72 Å². The third-order valence-electron chi connectivity index (χ3n) is 2.12. The number of esters is 1. The molecule has 2 heterocycles. The molecule has 0 aliphatic carbocycles. The predicted octanol–water partition coefficient (Wildman–Crippen LogP) is 2.15. The molecule has 0 atom stereocenters. The van der Waals surface area contributed by atoms with Gasteiger partial charge in [0.05, 0.1) is 23.8 Å². The number of aromatic nitrogens is 3. The van der Waals surface area contributed by atoms with Gasteiger partial charge >= 0.3 is 12.1 Å². The number of nitrogens with one attached hydrogen (secondary N) is 1. The Hall–Kier alpha value is -2.12. The highest BCUT2D eigenvalue weighted by atomic mass is 19.4. The lowest BCUT2D eigenvalue weighted by molar-refractivity contribution is -0.144. The van der Waals surface area contributed by atoms with E-state index in [2.05, 4.69) is 19.7 Å². The van der Waals surface area contributed by atoms with Crippen molar-refractivity contribution in [1.29, 1.82) is 0 Å². The van der Waals surface area contributed by atoms with Gasteiger partial charge in [0.1, 0.15) is 0 Å². The number of hydrogen-bond acceptors (Lipinski definition) is 4. The van der Waals surface area contributed by atoms with E-state index in [1.54, 1.807) is 6.92 Å². The molecule has 1 N–H and O–H groups in total. The zero-order valence-electron chi connectivity index (χ0n) is 9.21. The molecular weight excluding hydrogens is 251 g/mol. The Bertz CT molecular complexity index is 592.